The van der Waals surface area contributed by atoms with Crippen molar-refractivity contribution in [2.24, 2.45) is 0 Å². The highest BCUT2D eigenvalue weighted by molar-refractivity contribution is 5.86. The van der Waals surface area contributed by atoms with Gasteiger partial charge >= 0.3 is 0 Å². The van der Waals surface area contributed by atoms with E-state index in [0.717, 1.165) is 19.4 Å². The van der Waals surface area contributed by atoms with E-state index < -0.39 is 0 Å². The fourth-order valence-corrected chi connectivity index (χ4v) is 2.34. The molecule has 0 aromatic carbocycles. The number of nitrogen functional groups attached to an aromatic ring is 1. The maximum absolute atomic E-state index is 9.30. The first-order valence-electron chi connectivity index (χ1n) is 7.08. The number of nitrogens with two attached hydrogens (primary N) is 1. The lowest BCUT2D eigenvalue weighted by Gasteiger charge is -2.10. The van der Waals surface area contributed by atoms with E-state index in [1.165, 1.54) is 0 Å². The van der Waals surface area contributed by atoms with Crippen LogP contribution in [0.2, 0.25) is 0 Å². The number of hydrogen-bond acceptors (Lipinski definition) is 7. The summed E-state index contributed by atoms with van der Waals surface area (Å²) in [7, 11) is 4.00. The van der Waals surface area contributed by atoms with Crippen LogP contribution in [-0.2, 0) is 6.54 Å². The molecule has 0 aliphatic rings. The van der Waals surface area contributed by atoms with Crippen molar-refractivity contribution in [1.82, 2.24) is 19.4 Å². The molecule has 0 amide bonds. The van der Waals surface area contributed by atoms with Gasteiger partial charge in [-0.25, -0.2) is 9.97 Å². The molecule has 0 radical (unpaired) electrons. The van der Waals surface area contributed by atoms with E-state index in [2.05, 4.69) is 14.9 Å². The van der Waals surface area contributed by atoms with Crippen LogP contribution in [0.3, 0.4) is 0 Å². The van der Waals surface area contributed by atoms with Gasteiger partial charge in [-0.3, -0.25) is 0 Å². The Hall–Kier alpha value is -3.15. The van der Waals surface area contributed by atoms with Crippen LogP contribution in [0.25, 0.3) is 11.2 Å². The Bertz CT molecular complexity index is 857. The Kier molecular flexibility index (Phi) is 4.75. The molecule has 0 saturated carbocycles. The minimum atomic E-state index is -0.0961. The van der Waals surface area contributed by atoms with Gasteiger partial charge in [0.2, 0.25) is 0 Å². The molecule has 0 atom stereocenters. The van der Waals surface area contributed by atoms with Gasteiger partial charge in [-0.2, -0.15) is 15.8 Å². The lowest BCUT2D eigenvalue weighted by molar-refractivity contribution is 0.388. The van der Waals surface area contributed by atoms with E-state index >= 15 is 0 Å². The summed E-state index contributed by atoms with van der Waals surface area (Å²) in [6.45, 7) is 1.52. The van der Waals surface area contributed by atoms with Crippen molar-refractivity contribution in [3.05, 3.63) is 17.0 Å². The van der Waals surface area contributed by atoms with Crippen LogP contribution in [0.1, 0.15) is 29.8 Å². The number of aromatic nitrogens is 3. The number of hydrogen-bond donors (Lipinski definition) is 1. The van der Waals surface area contributed by atoms with Crippen LogP contribution >= 0.6 is 0 Å². The maximum atomic E-state index is 9.30. The third-order valence-corrected chi connectivity index (χ3v) is 3.48. The number of anilines is 1. The fraction of sp³-hybridized carbons (Fsp3) is 0.400. The van der Waals surface area contributed by atoms with Gasteiger partial charge < -0.3 is 15.2 Å². The van der Waals surface area contributed by atoms with Gasteiger partial charge in [0.15, 0.2) is 17.0 Å². The zero-order valence-electron chi connectivity index (χ0n) is 13.0. The first-order chi connectivity index (χ1) is 11.0. The highest BCUT2D eigenvalue weighted by Crippen LogP contribution is 2.26. The predicted molar refractivity (Wildman–Crippen MR) is 83.9 cm³/mol. The number of unbranched alkanes of at least 4 members (excludes halogenated alkanes) is 1. The molecule has 0 saturated heterocycles. The molecule has 8 heteroatoms. The molecule has 2 rings (SSSR count). The number of nitrogens with zero attached hydrogens (tertiary/aromatic N) is 7. The standard InChI is InChI=1S/C15H16N8/c1-22(2)5-3-4-6-23-14(19)10(7-16)13-15(23)21-12(9-18)11(8-17)20-13/h3-6,19H2,1-2H3. The Morgan fingerprint density at radius 3 is 2.26 bits per heavy atom. The smallest absolute Gasteiger partial charge is 0.179 e. The zero-order chi connectivity index (χ0) is 17.0. The molecule has 116 valence electrons. The topological polar surface area (TPSA) is 131 Å². The lowest BCUT2D eigenvalue weighted by Crippen LogP contribution is -2.14. The van der Waals surface area contributed by atoms with E-state index in [-0.39, 0.29) is 28.3 Å². The molecular weight excluding hydrogens is 292 g/mol. The molecule has 0 aliphatic heterocycles. The van der Waals surface area contributed by atoms with Gasteiger partial charge in [0.25, 0.3) is 0 Å². The summed E-state index contributed by atoms with van der Waals surface area (Å²) in [6, 6.07) is 5.68. The van der Waals surface area contributed by atoms with Gasteiger partial charge in [0.1, 0.15) is 35.1 Å². The van der Waals surface area contributed by atoms with Crippen molar-refractivity contribution in [3.8, 4) is 18.2 Å². The summed E-state index contributed by atoms with van der Waals surface area (Å²) in [5, 5.41) is 27.4. The second-order valence-corrected chi connectivity index (χ2v) is 5.35. The number of fused-ring (bicyclic) bond motifs is 1. The Labute approximate surface area is 134 Å². The van der Waals surface area contributed by atoms with E-state index in [0.29, 0.717) is 12.2 Å². The molecule has 8 nitrogen and oxygen atoms in total. The molecule has 0 bridgehead atoms. The average molecular weight is 308 g/mol. The SMILES string of the molecule is CN(C)CCCCn1c(N)c(C#N)c2nc(C#N)c(C#N)nc21. The van der Waals surface area contributed by atoms with Crippen molar-refractivity contribution < 1.29 is 0 Å². The molecule has 2 N–H and O–H groups in total. The average Bonchev–Trinajstić information content (AvgIpc) is 2.80. The maximum Gasteiger partial charge on any atom is 0.179 e. The van der Waals surface area contributed by atoms with Gasteiger partial charge in [-0.15, -0.1) is 0 Å². The van der Waals surface area contributed by atoms with Gasteiger partial charge in [0.05, 0.1) is 0 Å². The van der Waals surface area contributed by atoms with Crippen molar-refractivity contribution in [2.75, 3.05) is 26.4 Å². The van der Waals surface area contributed by atoms with E-state index in [4.69, 9.17) is 16.3 Å². The molecule has 2 aromatic heterocycles. The third kappa shape index (κ3) is 3.06. The second-order valence-electron chi connectivity index (χ2n) is 5.35. The number of nitriles is 3. The zero-order valence-corrected chi connectivity index (χ0v) is 13.0. The normalized spacial score (nSPS) is 10.4. The predicted octanol–water partition coefficient (Wildman–Crippen LogP) is 0.970. The number of rotatable bonds is 5. The van der Waals surface area contributed by atoms with Crippen LogP contribution < -0.4 is 5.73 Å². The monoisotopic (exact) mass is 308 g/mol. The van der Waals surface area contributed by atoms with Crippen molar-refractivity contribution >= 4 is 17.0 Å². The van der Waals surface area contributed by atoms with Crippen molar-refractivity contribution in [3.63, 3.8) is 0 Å². The van der Waals surface area contributed by atoms with Crippen LogP contribution in [0.5, 0.6) is 0 Å². The van der Waals surface area contributed by atoms with E-state index in [1.54, 1.807) is 4.57 Å². The molecule has 0 aliphatic carbocycles. The second kappa shape index (κ2) is 6.74. The van der Waals surface area contributed by atoms with Crippen molar-refractivity contribution in [1.29, 1.82) is 15.8 Å². The summed E-state index contributed by atoms with van der Waals surface area (Å²) in [6.07, 6.45) is 1.81. The fourth-order valence-electron chi connectivity index (χ4n) is 2.34. The molecule has 2 aromatic rings. The third-order valence-electron chi connectivity index (χ3n) is 3.48. The molecule has 0 fully saturated rings. The summed E-state index contributed by atoms with van der Waals surface area (Å²) < 4.78 is 1.69. The Morgan fingerprint density at radius 1 is 1.04 bits per heavy atom. The highest BCUT2D eigenvalue weighted by atomic mass is 15.1. The van der Waals surface area contributed by atoms with E-state index in [1.807, 2.05) is 32.3 Å². The molecular formula is C15H16N8. The summed E-state index contributed by atoms with van der Waals surface area (Å²) in [4.78, 5) is 10.4. The van der Waals surface area contributed by atoms with E-state index in [9.17, 15) is 5.26 Å². The first kappa shape index (κ1) is 16.2. The van der Waals surface area contributed by atoms with Crippen LogP contribution in [0, 0.1) is 34.0 Å². The number of aryl methyl sites for hydroxylation is 1. The summed E-state index contributed by atoms with van der Waals surface area (Å²) in [5.74, 6) is 0.270. The Morgan fingerprint density at radius 2 is 1.70 bits per heavy atom. The summed E-state index contributed by atoms with van der Waals surface area (Å²) >= 11 is 0. The van der Waals surface area contributed by atoms with Crippen LogP contribution in [-0.4, -0.2) is 40.1 Å². The largest absolute Gasteiger partial charge is 0.384 e. The lowest BCUT2D eigenvalue weighted by atomic mass is 10.3. The minimum absolute atomic E-state index is 0.0588. The highest BCUT2D eigenvalue weighted by Gasteiger charge is 2.20. The van der Waals surface area contributed by atoms with Gasteiger partial charge in [-0.05, 0) is 33.5 Å². The van der Waals surface area contributed by atoms with Crippen molar-refractivity contribution in [2.45, 2.75) is 19.4 Å². The van der Waals surface area contributed by atoms with Gasteiger partial charge in [-0.1, -0.05) is 0 Å². The molecule has 0 unspecified atom stereocenters. The molecule has 0 spiro atoms. The summed E-state index contributed by atoms with van der Waals surface area (Å²) in [5.41, 5.74) is 6.72. The quantitative estimate of drug-likeness (QED) is 0.814. The first-order valence-corrected chi connectivity index (χ1v) is 7.08. The van der Waals surface area contributed by atoms with Crippen LogP contribution in [0.4, 0.5) is 5.82 Å². The van der Waals surface area contributed by atoms with Crippen LogP contribution in [0.15, 0.2) is 0 Å². The molecule has 2 heterocycles. The minimum Gasteiger partial charge on any atom is -0.384 e. The van der Waals surface area contributed by atoms with Gasteiger partial charge in [0, 0.05) is 6.54 Å². The Balaban J connectivity index is 2.48. The molecule has 23 heavy (non-hydrogen) atoms.